The van der Waals surface area contributed by atoms with E-state index >= 15 is 0 Å². The molecule has 0 aliphatic heterocycles. The molecule has 0 aliphatic carbocycles. The molecule has 2 rings (SSSR count). The van der Waals surface area contributed by atoms with Crippen LogP contribution in [0.15, 0.2) is 29.2 Å². The van der Waals surface area contributed by atoms with Gasteiger partial charge in [-0.25, -0.2) is 13.1 Å². The molecule has 0 radical (unpaired) electrons. The van der Waals surface area contributed by atoms with Gasteiger partial charge < -0.3 is 10.4 Å². The number of carbonyl (C=O) groups is 1. The molecule has 0 saturated carbocycles. The van der Waals surface area contributed by atoms with Gasteiger partial charge in [-0.3, -0.25) is 4.79 Å². The van der Waals surface area contributed by atoms with Gasteiger partial charge in [0.25, 0.3) is 0 Å². The molecule has 2 aromatic rings. The van der Waals surface area contributed by atoms with Crippen LogP contribution in [0.25, 0.3) is 0 Å². The first-order valence-corrected chi connectivity index (χ1v) is 11.6. The second kappa shape index (κ2) is 10.1. The zero-order valence-electron chi connectivity index (χ0n) is 18.4. The standard InChI is InChI=1S/C23H32N2O4S/c1-15-16(2)18(4)23(19(5)17(15)3)30(28,29)25-14-12-22(27)24-13-6-7-20-8-10-21(26)11-9-20/h8-11,25-26H,6-7,12-14H2,1-5H3,(H,24,27). The van der Waals surface area contributed by atoms with E-state index in [2.05, 4.69) is 10.0 Å². The van der Waals surface area contributed by atoms with Gasteiger partial charge in [-0.1, -0.05) is 12.1 Å². The largest absolute Gasteiger partial charge is 0.508 e. The van der Waals surface area contributed by atoms with Crippen LogP contribution in [0.1, 0.15) is 46.2 Å². The van der Waals surface area contributed by atoms with Gasteiger partial charge in [0.2, 0.25) is 15.9 Å². The van der Waals surface area contributed by atoms with Crippen molar-refractivity contribution < 1.29 is 18.3 Å². The summed E-state index contributed by atoms with van der Waals surface area (Å²) in [6, 6.07) is 6.98. The molecule has 0 atom stereocenters. The van der Waals surface area contributed by atoms with Crippen molar-refractivity contribution in [3.8, 4) is 5.75 Å². The molecule has 6 nitrogen and oxygen atoms in total. The van der Waals surface area contributed by atoms with E-state index in [-0.39, 0.29) is 24.6 Å². The Morgan fingerprint density at radius 3 is 1.97 bits per heavy atom. The molecule has 164 valence electrons. The second-order valence-corrected chi connectivity index (χ2v) is 9.43. The van der Waals surface area contributed by atoms with Gasteiger partial charge >= 0.3 is 0 Å². The van der Waals surface area contributed by atoms with Crippen LogP contribution in [0.2, 0.25) is 0 Å². The summed E-state index contributed by atoms with van der Waals surface area (Å²) in [5.41, 5.74) is 5.65. The molecule has 0 bridgehead atoms. The summed E-state index contributed by atoms with van der Waals surface area (Å²) >= 11 is 0. The van der Waals surface area contributed by atoms with Crippen LogP contribution in [0.5, 0.6) is 5.75 Å². The summed E-state index contributed by atoms with van der Waals surface area (Å²) in [4.78, 5) is 12.3. The zero-order chi connectivity index (χ0) is 22.5. The van der Waals surface area contributed by atoms with E-state index in [0.717, 1.165) is 46.2 Å². The van der Waals surface area contributed by atoms with Crippen molar-refractivity contribution in [3.63, 3.8) is 0 Å². The lowest BCUT2D eigenvalue weighted by molar-refractivity contribution is -0.120. The molecule has 3 N–H and O–H groups in total. The average molecular weight is 433 g/mol. The Kier molecular flexibility index (Phi) is 8.03. The van der Waals surface area contributed by atoms with Crippen LogP contribution in [0.4, 0.5) is 0 Å². The maximum Gasteiger partial charge on any atom is 0.241 e. The minimum Gasteiger partial charge on any atom is -0.508 e. The lowest BCUT2D eigenvalue weighted by atomic mass is 9.95. The third kappa shape index (κ3) is 5.83. The van der Waals surface area contributed by atoms with Gasteiger partial charge in [0.05, 0.1) is 4.90 Å². The van der Waals surface area contributed by atoms with Crippen molar-refractivity contribution in [3.05, 3.63) is 57.6 Å². The molecule has 0 saturated heterocycles. The highest BCUT2D eigenvalue weighted by atomic mass is 32.2. The number of amides is 1. The Balaban J connectivity index is 1.84. The molecular weight excluding hydrogens is 400 g/mol. The van der Waals surface area contributed by atoms with Crippen LogP contribution in [0, 0.1) is 34.6 Å². The van der Waals surface area contributed by atoms with Crippen molar-refractivity contribution in [1.82, 2.24) is 10.0 Å². The quantitative estimate of drug-likeness (QED) is 0.530. The van der Waals surface area contributed by atoms with E-state index in [0.29, 0.717) is 11.4 Å². The van der Waals surface area contributed by atoms with Gasteiger partial charge in [0.15, 0.2) is 0 Å². The second-order valence-electron chi connectivity index (χ2n) is 7.72. The number of benzene rings is 2. The van der Waals surface area contributed by atoms with E-state index in [9.17, 15) is 18.3 Å². The molecule has 7 heteroatoms. The number of rotatable bonds is 9. The molecule has 1 amide bonds. The Hall–Kier alpha value is -2.38. The maximum atomic E-state index is 12.9. The summed E-state index contributed by atoms with van der Waals surface area (Å²) in [5.74, 6) is 0.0453. The Bertz CT molecular complexity index is 983. The van der Waals surface area contributed by atoms with E-state index < -0.39 is 10.0 Å². The van der Waals surface area contributed by atoms with E-state index in [1.54, 1.807) is 12.1 Å². The topological polar surface area (TPSA) is 95.5 Å². The maximum absolute atomic E-state index is 12.9. The fraction of sp³-hybridized carbons (Fsp3) is 0.435. The van der Waals surface area contributed by atoms with Crippen molar-refractivity contribution in [2.75, 3.05) is 13.1 Å². The molecule has 0 spiro atoms. The third-order valence-electron chi connectivity index (χ3n) is 5.74. The fourth-order valence-electron chi connectivity index (χ4n) is 3.51. The highest BCUT2D eigenvalue weighted by Crippen LogP contribution is 2.29. The number of nitrogens with one attached hydrogen (secondary N) is 2. The minimum absolute atomic E-state index is 0.0526. The number of phenols is 1. The number of phenolic OH excluding ortho intramolecular Hbond substituents is 1. The van der Waals surface area contributed by atoms with Crippen LogP contribution in [-0.4, -0.2) is 32.5 Å². The summed E-state index contributed by atoms with van der Waals surface area (Å²) in [6.45, 7) is 10.1. The van der Waals surface area contributed by atoms with Gasteiger partial charge in [0.1, 0.15) is 5.75 Å². The van der Waals surface area contributed by atoms with Crippen molar-refractivity contribution >= 4 is 15.9 Å². The summed E-state index contributed by atoms with van der Waals surface area (Å²) in [6.07, 6.45) is 1.64. The zero-order valence-corrected chi connectivity index (χ0v) is 19.2. The van der Waals surface area contributed by atoms with Gasteiger partial charge in [-0.15, -0.1) is 0 Å². The summed E-state index contributed by atoms with van der Waals surface area (Å²) in [7, 11) is -3.69. The van der Waals surface area contributed by atoms with Crippen molar-refractivity contribution in [1.29, 1.82) is 0 Å². The van der Waals surface area contributed by atoms with Crippen LogP contribution >= 0.6 is 0 Å². The lowest BCUT2D eigenvalue weighted by Gasteiger charge is -2.19. The SMILES string of the molecule is Cc1c(C)c(C)c(S(=O)(=O)NCCC(=O)NCCCc2ccc(O)cc2)c(C)c1C. The molecule has 0 unspecified atom stereocenters. The molecule has 0 aliphatic rings. The summed E-state index contributed by atoms with van der Waals surface area (Å²) in [5, 5.41) is 12.1. The molecule has 30 heavy (non-hydrogen) atoms. The Morgan fingerprint density at radius 2 is 1.40 bits per heavy atom. The van der Waals surface area contributed by atoms with Gasteiger partial charge in [-0.05, 0) is 93.0 Å². The molecular formula is C23H32N2O4S. The Labute approximate surface area is 179 Å². The third-order valence-corrected chi connectivity index (χ3v) is 7.48. The first-order chi connectivity index (χ1) is 14.0. The number of aryl methyl sites for hydroxylation is 1. The highest BCUT2D eigenvalue weighted by molar-refractivity contribution is 7.89. The first-order valence-electron chi connectivity index (χ1n) is 10.2. The molecule has 0 heterocycles. The van der Waals surface area contributed by atoms with E-state index in [4.69, 9.17) is 0 Å². The highest BCUT2D eigenvalue weighted by Gasteiger charge is 2.23. The number of aromatic hydroxyl groups is 1. The monoisotopic (exact) mass is 432 g/mol. The van der Waals surface area contributed by atoms with Crippen LogP contribution in [-0.2, 0) is 21.2 Å². The van der Waals surface area contributed by atoms with Crippen LogP contribution < -0.4 is 10.0 Å². The number of hydrogen-bond acceptors (Lipinski definition) is 4. The first kappa shape index (κ1) is 23.9. The average Bonchev–Trinajstić information content (AvgIpc) is 2.69. The number of carbonyl (C=O) groups excluding carboxylic acids is 1. The van der Waals surface area contributed by atoms with Crippen molar-refractivity contribution in [2.45, 2.75) is 58.8 Å². The van der Waals surface area contributed by atoms with Crippen LogP contribution in [0.3, 0.4) is 0 Å². The predicted octanol–water partition coefficient (Wildman–Crippen LogP) is 3.35. The van der Waals surface area contributed by atoms with Gasteiger partial charge in [0, 0.05) is 19.5 Å². The van der Waals surface area contributed by atoms with Crippen molar-refractivity contribution in [2.24, 2.45) is 0 Å². The smallest absolute Gasteiger partial charge is 0.241 e. The van der Waals surface area contributed by atoms with E-state index in [1.165, 1.54) is 0 Å². The molecule has 0 fully saturated rings. The number of sulfonamides is 1. The predicted molar refractivity (Wildman–Crippen MR) is 119 cm³/mol. The minimum atomic E-state index is -3.69. The molecule has 0 aromatic heterocycles. The number of hydrogen-bond donors (Lipinski definition) is 3. The molecule has 2 aromatic carbocycles. The normalized spacial score (nSPS) is 11.5. The van der Waals surface area contributed by atoms with E-state index in [1.807, 2.05) is 46.8 Å². The lowest BCUT2D eigenvalue weighted by Crippen LogP contribution is -2.32. The van der Waals surface area contributed by atoms with Gasteiger partial charge in [-0.2, -0.15) is 0 Å². The summed E-state index contributed by atoms with van der Waals surface area (Å²) < 4.78 is 28.3. The Morgan fingerprint density at radius 1 is 0.867 bits per heavy atom. The fourth-order valence-corrected chi connectivity index (χ4v) is 5.14.